The van der Waals surface area contributed by atoms with E-state index in [0.717, 1.165) is 36.8 Å². The van der Waals surface area contributed by atoms with Crippen molar-refractivity contribution in [2.24, 2.45) is 0 Å². The summed E-state index contributed by atoms with van der Waals surface area (Å²) in [6.45, 7) is 2.08. The van der Waals surface area contributed by atoms with Crippen LogP contribution in [0.25, 0.3) is 0 Å². The molecule has 0 bridgehead atoms. The topological polar surface area (TPSA) is 64.6 Å². The minimum absolute atomic E-state index is 0.0296. The van der Waals surface area contributed by atoms with Crippen molar-refractivity contribution < 1.29 is 9.18 Å². The quantitative estimate of drug-likeness (QED) is 0.828. The summed E-state index contributed by atoms with van der Waals surface area (Å²) in [4.78, 5) is 28.2. The van der Waals surface area contributed by atoms with Crippen LogP contribution < -0.4 is 15.1 Å². The molecule has 0 atom stereocenters. The Hall–Kier alpha value is -2.74. The van der Waals surface area contributed by atoms with Gasteiger partial charge in [-0.3, -0.25) is 9.80 Å². The molecule has 2 aromatic rings. The number of hydrogen-bond donors (Lipinski definition) is 1. The lowest BCUT2D eigenvalue weighted by Gasteiger charge is -2.43. The average molecular weight is 413 g/mol. The number of carbonyl (C=O) groups excluding carboxylic acids is 1. The molecule has 30 heavy (non-hydrogen) atoms. The lowest BCUT2D eigenvalue weighted by Crippen LogP contribution is -2.54. The van der Waals surface area contributed by atoms with Gasteiger partial charge in [-0.2, -0.15) is 4.98 Å². The van der Waals surface area contributed by atoms with Gasteiger partial charge >= 0.3 is 6.03 Å². The van der Waals surface area contributed by atoms with Crippen molar-refractivity contribution in [3.8, 4) is 0 Å². The second-order valence-corrected chi connectivity index (χ2v) is 8.36. The summed E-state index contributed by atoms with van der Waals surface area (Å²) in [5.41, 5.74) is 1.89. The van der Waals surface area contributed by atoms with Crippen LogP contribution >= 0.6 is 0 Å². The van der Waals surface area contributed by atoms with Crippen molar-refractivity contribution in [1.29, 1.82) is 0 Å². The van der Waals surface area contributed by atoms with E-state index in [1.807, 2.05) is 13.0 Å². The molecule has 1 saturated carbocycles. The SMILES string of the molecule is CNc1ncc2c(n1)N([C@H]1CC[C@@H](N(C)C)CC1)C(=O)N(c1c(C)cccc1F)C2. The summed E-state index contributed by atoms with van der Waals surface area (Å²) in [6, 6.07) is 5.22. The summed E-state index contributed by atoms with van der Waals surface area (Å²) in [5, 5.41) is 2.96. The first-order chi connectivity index (χ1) is 14.4. The Morgan fingerprint density at radius 3 is 2.57 bits per heavy atom. The fraction of sp³-hybridized carbons (Fsp3) is 0.500. The zero-order chi connectivity index (χ0) is 21.4. The van der Waals surface area contributed by atoms with Gasteiger partial charge in [0.15, 0.2) is 0 Å². The highest BCUT2D eigenvalue weighted by molar-refractivity contribution is 6.06. The minimum Gasteiger partial charge on any atom is -0.357 e. The number of carbonyl (C=O) groups is 1. The van der Waals surface area contributed by atoms with Crippen molar-refractivity contribution in [1.82, 2.24) is 14.9 Å². The Balaban J connectivity index is 1.74. The zero-order valence-electron chi connectivity index (χ0n) is 18.0. The molecule has 1 aromatic heterocycles. The van der Waals surface area contributed by atoms with E-state index in [1.165, 1.54) is 11.0 Å². The lowest BCUT2D eigenvalue weighted by molar-refractivity contribution is 0.208. The Bertz CT molecular complexity index is 921. The number of anilines is 3. The minimum atomic E-state index is -0.393. The number of aryl methyl sites for hydroxylation is 1. The second-order valence-electron chi connectivity index (χ2n) is 8.36. The predicted molar refractivity (Wildman–Crippen MR) is 117 cm³/mol. The van der Waals surface area contributed by atoms with E-state index >= 15 is 0 Å². The van der Waals surface area contributed by atoms with E-state index in [2.05, 4.69) is 34.3 Å². The highest BCUT2D eigenvalue weighted by Crippen LogP contribution is 2.37. The van der Waals surface area contributed by atoms with Gasteiger partial charge in [-0.25, -0.2) is 14.2 Å². The summed E-state index contributed by atoms with van der Waals surface area (Å²) in [7, 11) is 5.96. The molecule has 7 nitrogen and oxygen atoms in total. The number of hydrogen-bond acceptors (Lipinski definition) is 5. The Morgan fingerprint density at radius 2 is 1.93 bits per heavy atom. The molecule has 1 aromatic carbocycles. The number of amides is 2. The Labute approximate surface area is 176 Å². The highest BCUT2D eigenvalue weighted by Gasteiger charge is 2.40. The second kappa shape index (κ2) is 8.18. The summed E-state index contributed by atoms with van der Waals surface area (Å²) in [6.07, 6.45) is 5.54. The number of benzene rings is 1. The molecule has 0 saturated heterocycles. The fourth-order valence-corrected chi connectivity index (χ4v) is 4.60. The molecular weight excluding hydrogens is 383 g/mol. The van der Waals surface area contributed by atoms with Gasteiger partial charge < -0.3 is 10.2 Å². The average Bonchev–Trinajstić information content (AvgIpc) is 2.73. The molecule has 1 fully saturated rings. The molecule has 0 spiro atoms. The number of nitrogens with one attached hydrogen (secondary N) is 1. The number of urea groups is 1. The normalized spacial score (nSPS) is 21.7. The van der Waals surface area contributed by atoms with Gasteiger partial charge in [0.25, 0.3) is 0 Å². The maximum atomic E-state index is 14.8. The molecular formula is C22H29FN6O. The Kier molecular flexibility index (Phi) is 5.60. The van der Waals surface area contributed by atoms with Gasteiger partial charge in [0.1, 0.15) is 11.6 Å². The van der Waals surface area contributed by atoms with Crippen LogP contribution in [0.2, 0.25) is 0 Å². The van der Waals surface area contributed by atoms with Crippen LogP contribution in [0.15, 0.2) is 24.4 Å². The van der Waals surface area contributed by atoms with E-state index in [4.69, 9.17) is 0 Å². The van der Waals surface area contributed by atoms with Gasteiger partial charge in [0.2, 0.25) is 5.95 Å². The highest BCUT2D eigenvalue weighted by atomic mass is 19.1. The lowest BCUT2D eigenvalue weighted by atomic mass is 9.89. The number of halogens is 1. The Morgan fingerprint density at radius 1 is 1.20 bits per heavy atom. The standard InChI is InChI=1S/C22H29FN6O/c1-14-6-5-7-18(23)19(14)28-13-15-12-25-21(24-2)26-20(15)29(22(28)30)17-10-8-16(9-11-17)27(3)4/h5-7,12,16-17H,8-11,13H2,1-4H3,(H,24,25,26)/t16-,17+. The van der Waals surface area contributed by atoms with Crippen LogP contribution in [0.1, 0.15) is 36.8 Å². The first kappa shape index (κ1) is 20.5. The molecule has 1 aliphatic carbocycles. The summed E-state index contributed by atoms with van der Waals surface area (Å²) in [5.74, 6) is 0.720. The van der Waals surface area contributed by atoms with Crippen molar-refractivity contribution in [2.45, 2.75) is 51.2 Å². The molecule has 2 amide bonds. The molecule has 2 heterocycles. The molecule has 0 unspecified atom stereocenters. The molecule has 4 rings (SSSR count). The van der Waals surface area contributed by atoms with Crippen LogP contribution in [0.3, 0.4) is 0 Å². The third kappa shape index (κ3) is 3.60. The van der Waals surface area contributed by atoms with Crippen LogP contribution in [-0.4, -0.2) is 54.1 Å². The largest absolute Gasteiger partial charge is 0.357 e. The summed E-state index contributed by atoms with van der Waals surface area (Å²) < 4.78 is 14.8. The van der Waals surface area contributed by atoms with Crippen molar-refractivity contribution in [3.05, 3.63) is 41.3 Å². The van der Waals surface area contributed by atoms with Crippen molar-refractivity contribution in [3.63, 3.8) is 0 Å². The molecule has 8 heteroatoms. The third-order valence-electron chi connectivity index (χ3n) is 6.28. The molecule has 2 aliphatic rings. The molecule has 1 N–H and O–H groups in total. The van der Waals surface area contributed by atoms with E-state index in [1.54, 1.807) is 24.2 Å². The number of nitrogens with zero attached hydrogens (tertiary/aromatic N) is 5. The summed E-state index contributed by atoms with van der Waals surface area (Å²) >= 11 is 0. The van der Waals surface area contributed by atoms with Crippen LogP contribution in [0.5, 0.6) is 0 Å². The van der Waals surface area contributed by atoms with Gasteiger partial charge in [-0.15, -0.1) is 0 Å². The predicted octanol–water partition coefficient (Wildman–Crippen LogP) is 3.79. The van der Waals surface area contributed by atoms with E-state index in [9.17, 15) is 9.18 Å². The van der Waals surface area contributed by atoms with Gasteiger partial charge in [0, 0.05) is 30.9 Å². The van der Waals surface area contributed by atoms with Crippen LogP contribution in [-0.2, 0) is 6.54 Å². The van der Waals surface area contributed by atoms with Crippen molar-refractivity contribution in [2.75, 3.05) is 36.3 Å². The maximum Gasteiger partial charge on any atom is 0.330 e. The fourth-order valence-electron chi connectivity index (χ4n) is 4.60. The molecule has 1 aliphatic heterocycles. The van der Waals surface area contributed by atoms with Gasteiger partial charge in [0.05, 0.1) is 12.2 Å². The van der Waals surface area contributed by atoms with E-state index in [0.29, 0.717) is 23.5 Å². The molecule has 160 valence electrons. The zero-order valence-corrected chi connectivity index (χ0v) is 18.0. The number of aromatic nitrogens is 2. The third-order valence-corrected chi connectivity index (χ3v) is 6.28. The number of rotatable bonds is 4. The van der Waals surface area contributed by atoms with Gasteiger partial charge in [-0.1, -0.05) is 12.1 Å². The van der Waals surface area contributed by atoms with Crippen molar-refractivity contribution >= 4 is 23.5 Å². The van der Waals surface area contributed by atoms with Crippen LogP contribution in [0, 0.1) is 12.7 Å². The van der Waals surface area contributed by atoms with E-state index < -0.39 is 5.82 Å². The number of para-hydroxylation sites is 1. The number of fused-ring (bicyclic) bond motifs is 1. The van der Waals surface area contributed by atoms with Crippen LogP contribution in [0.4, 0.5) is 26.6 Å². The van der Waals surface area contributed by atoms with Gasteiger partial charge in [-0.05, 0) is 58.3 Å². The first-order valence-electron chi connectivity index (χ1n) is 10.5. The first-order valence-corrected chi connectivity index (χ1v) is 10.5. The molecule has 0 radical (unpaired) electrons. The smallest absolute Gasteiger partial charge is 0.330 e. The monoisotopic (exact) mass is 412 g/mol. The van der Waals surface area contributed by atoms with E-state index in [-0.39, 0.29) is 18.6 Å². The maximum absolute atomic E-state index is 14.8.